The van der Waals surface area contributed by atoms with Crippen LogP contribution in [0.25, 0.3) is 11.0 Å². The van der Waals surface area contributed by atoms with Crippen molar-refractivity contribution in [2.24, 2.45) is 0 Å². The summed E-state index contributed by atoms with van der Waals surface area (Å²) in [5.41, 5.74) is 3.18. The van der Waals surface area contributed by atoms with Crippen molar-refractivity contribution >= 4 is 16.8 Å². The van der Waals surface area contributed by atoms with Gasteiger partial charge in [-0.3, -0.25) is 9.78 Å². The lowest BCUT2D eigenvalue weighted by atomic mass is 10.1. The second kappa shape index (κ2) is 5.61. The number of aromatic nitrogens is 2. The van der Waals surface area contributed by atoms with Gasteiger partial charge in [0.15, 0.2) is 5.78 Å². The Balaban J connectivity index is 1.75. The molecule has 20 heavy (non-hydrogen) atoms. The number of aryl methyl sites for hydroxylation is 1. The van der Waals surface area contributed by atoms with Crippen LogP contribution >= 0.6 is 0 Å². The maximum Gasteiger partial charge on any atom is 0.183 e. The Hall–Kier alpha value is -2.55. The van der Waals surface area contributed by atoms with E-state index in [2.05, 4.69) is 9.97 Å². The molecular weight excluding hydrogens is 248 g/mol. The van der Waals surface area contributed by atoms with Gasteiger partial charge in [0, 0.05) is 6.42 Å². The summed E-state index contributed by atoms with van der Waals surface area (Å²) in [6.45, 7) is 0. The van der Waals surface area contributed by atoms with Crippen molar-refractivity contribution in [3.8, 4) is 0 Å². The van der Waals surface area contributed by atoms with Gasteiger partial charge in [-0.15, -0.1) is 0 Å². The van der Waals surface area contributed by atoms with E-state index in [1.54, 1.807) is 6.20 Å². The molecule has 0 aliphatic rings. The van der Waals surface area contributed by atoms with Gasteiger partial charge in [-0.25, -0.2) is 4.98 Å². The van der Waals surface area contributed by atoms with Crippen molar-refractivity contribution in [2.45, 2.75) is 12.8 Å². The highest BCUT2D eigenvalue weighted by atomic mass is 16.1. The number of carbonyl (C=O) groups is 1. The number of carbonyl (C=O) groups excluding carboxylic acids is 1. The molecule has 0 bridgehead atoms. The molecule has 2 aromatic carbocycles. The normalized spacial score (nSPS) is 10.6. The molecule has 1 aromatic heterocycles. The minimum Gasteiger partial charge on any atom is -0.292 e. The minimum atomic E-state index is 0.0344. The van der Waals surface area contributed by atoms with Gasteiger partial charge in [0.05, 0.1) is 17.2 Å². The zero-order chi connectivity index (χ0) is 13.8. The van der Waals surface area contributed by atoms with Crippen LogP contribution in [0.15, 0.2) is 60.8 Å². The van der Waals surface area contributed by atoms with E-state index >= 15 is 0 Å². The molecule has 1 heterocycles. The predicted molar refractivity (Wildman–Crippen MR) is 78.6 cm³/mol. The Morgan fingerprint density at radius 1 is 0.900 bits per heavy atom. The van der Waals surface area contributed by atoms with Crippen LogP contribution in [0.3, 0.4) is 0 Å². The van der Waals surface area contributed by atoms with Gasteiger partial charge < -0.3 is 0 Å². The van der Waals surface area contributed by atoms with Crippen LogP contribution in [0, 0.1) is 0 Å². The average molecular weight is 262 g/mol. The van der Waals surface area contributed by atoms with Gasteiger partial charge in [-0.2, -0.15) is 0 Å². The number of nitrogens with zero attached hydrogens (tertiary/aromatic N) is 2. The maximum absolute atomic E-state index is 12.2. The van der Waals surface area contributed by atoms with Crippen LogP contribution in [-0.4, -0.2) is 15.8 Å². The fourth-order valence-corrected chi connectivity index (χ4v) is 2.12. The molecular formula is C17H14N2O. The molecule has 98 valence electrons. The van der Waals surface area contributed by atoms with Crippen molar-refractivity contribution in [1.82, 2.24) is 9.97 Å². The summed E-state index contributed by atoms with van der Waals surface area (Å²) in [6.07, 6.45) is 2.75. The van der Waals surface area contributed by atoms with E-state index in [1.807, 2.05) is 54.6 Å². The summed E-state index contributed by atoms with van der Waals surface area (Å²) in [5, 5.41) is 0. The molecule has 0 aliphatic heterocycles. The van der Waals surface area contributed by atoms with E-state index in [0.717, 1.165) is 23.0 Å². The smallest absolute Gasteiger partial charge is 0.183 e. The first-order valence-electron chi connectivity index (χ1n) is 6.62. The van der Waals surface area contributed by atoms with E-state index in [4.69, 9.17) is 0 Å². The minimum absolute atomic E-state index is 0.0344. The zero-order valence-electron chi connectivity index (χ0n) is 11.0. The lowest BCUT2D eigenvalue weighted by Gasteiger charge is -2.02. The highest BCUT2D eigenvalue weighted by Gasteiger charge is 2.09. The van der Waals surface area contributed by atoms with Gasteiger partial charge in [0.25, 0.3) is 0 Å². The van der Waals surface area contributed by atoms with Gasteiger partial charge in [0.2, 0.25) is 0 Å². The summed E-state index contributed by atoms with van der Waals surface area (Å²) in [7, 11) is 0. The molecule has 0 saturated carbocycles. The molecule has 0 amide bonds. The van der Waals surface area contributed by atoms with Crippen LogP contribution in [0.4, 0.5) is 0 Å². The van der Waals surface area contributed by atoms with Crippen molar-refractivity contribution < 1.29 is 4.79 Å². The van der Waals surface area contributed by atoms with E-state index < -0.39 is 0 Å². The van der Waals surface area contributed by atoms with Crippen molar-refractivity contribution in [2.75, 3.05) is 0 Å². The number of Topliss-reactive ketones (excluding diaryl/α,β-unsaturated/α-hetero) is 1. The largest absolute Gasteiger partial charge is 0.292 e. The third-order valence-corrected chi connectivity index (χ3v) is 3.22. The van der Waals surface area contributed by atoms with E-state index in [9.17, 15) is 4.79 Å². The summed E-state index contributed by atoms with van der Waals surface area (Å²) in [4.78, 5) is 20.8. The lowest BCUT2D eigenvalue weighted by molar-refractivity contribution is 0.0978. The third-order valence-electron chi connectivity index (χ3n) is 3.22. The zero-order valence-corrected chi connectivity index (χ0v) is 11.0. The number of benzene rings is 2. The Bertz CT molecular complexity index is 738. The van der Waals surface area contributed by atoms with Crippen molar-refractivity contribution in [3.63, 3.8) is 0 Å². The summed E-state index contributed by atoms with van der Waals surface area (Å²) in [6, 6.07) is 17.6. The fraction of sp³-hybridized carbons (Fsp3) is 0.118. The number of fused-ring (bicyclic) bond motifs is 1. The summed E-state index contributed by atoms with van der Waals surface area (Å²) >= 11 is 0. The molecule has 0 fully saturated rings. The molecule has 3 heteroatoms. The molecule has 0 radical (unpaired) electrons. The SMILES string of the molecule is O=C(CCc1ccccc1)c1cnc2ccccc2n1. The van der Waals surface area contributed by atoms with E-state index in [1.165, 1.54) is 0 Å². The number of ketones is 1. The molecule has 0 spiro atoms. The number of para-hydroxylation sites is 2. The van der Waals surface area contributed by atoms with Gasteiger partial charge in [-0.05, 0) is 24.1 Å². The molecule has 0 unspecified atom stereocenters. The topological polar surface area (TPSA) is 42.9 Å². The summed E-state index contributed by atoms with van der Waals surface area (Å²) < 4.78 is 0. The molecule has 0 atom stereocenters. The number of hydrogen-bond acceptors (Lipinski definition) is 3. The van der Waals surface area contributed by atoms with Gasteiger partial charge in [0.1, 0.15) is 5.69 Å². The van der Waals surface area contributed by atoms with Crippen LogP contribution in [-0.2, 0) is 6.42 Å². The van der Waals surface area contributed by atoms with Gasteiger partial charge >= 0.3 is 0 Å². The highest BCUT2D eigenvalue weighted by molar-refractivity contribution is 5.95. The van der Waals surface area contributed by atoms with Gasteiger partial charge in [-0.1, -0.05) is 42.5 Å². The third kappa shape index (κ3) is 2.72. The van der Waals surface area contributed by atoms with Crippen LogP contribution in [0.2, 0.25) is 0 Å². The highest BCUT2D eigenvalue weighted by Crippen LogP contribution is 2.11. The standard InChI is InChI=1S/C17H14N2O/c20-17(11-10-13-6-2-1-3-7-13)16-12-18-14-8-4-5-9-15(14)19-16/h1-9,12H,10-11H2. The molecule has 0 N–H and O–H groups in total. The Kier molecular flexibility index (Phi) is 3.50. The first kappa shape index (κ1) is 12.5. The maximum atomic E-state index is 12.2. The second-order valence-electron chi connectivity index (χ2n) is 4.65. The van der Waals surface area contributed by atoms with Crippen LogP contribution < -0.4 is 0 Å². The van der Waals surface area contributed by atoms with E-state index in [0.29, 0.717) is 12.1 Å². The number of hydrogen-bond donors (Lipinski definition) is 0. The monoisotopic (exact) mass is 262 g/mol. The van der Waals surface area contributed by atoms with Crippen molar-refractivity contribution in [1.29, 1.82) is 0 Å². The summed E-state index contributed by atoms with van der Waals surface area (Å²) in [5.74, 6) is 0.0344. The van der Waals surface area contributed by atoms with Crippen molar-refractivity contribution in [3.05, 3.63) is 72.1 Å². The lowest BCUT2D eigenvalue weighted by Crippen LogP contribution is -2.05. The Morgan fingerprint density at radius 2 is 1.60 bits per heavy atom. The molecule has 3 aromatic rings. The molecule has 0 saturated heterocycles. The quantitative estimate of drug-likeness (QED) is 0.676. The first-order valence-corrected chi connectivity index (χ1v) is 6.62. The number of rotatable bonds is 4. The molecule has 3 rings (SSSR count). The Morgan fingerprint density at radius 3 is 2.40 bits per heavy atom. The fourth-order valence-electron chi connectivity index (χ4n) is 2.12. The van der Waals surface area contributed by atoms with Crippen LogP contribution in [0.5, 0.6) is 0 Å². The Labute approximate surface area is 117 Å². The average Bonchev–Trinajstić information content (AvgIpc) is 2.53. The van der Waals surface area contributed by atoms with E-state index in [-0.39, 0.29) is 5.78 Å². The predicted octanol–water partition coefficient (Wildman–Crippen LogP) is 3.45. The molecule has 3 nitrogen and oxygen atoms in total. The molecule has 0 aliphatic carbocycles. The van der Waals surface area contributed by atoms with Crippen LogP contribution in [0.1, 0.15) is 22.5 Å². The first-order chi connectivity index (χ1) is 9.83. The second-order valence-corrected chi connectivity index (χ2v) is 4.65.